The Morgan fingerprint density at radius 2 is 2.35 bits per heavy atom. The molecule has 0 bridgehead atoms. The number of anilines is 1. The van der Waals surface area contributed by atoms with Crippen LogP contribution in [0.4, 0.5) is 10.5 Å². The Morgan fingerprint density at radius 1 is 1.59 bits per heavy atom. The van der Waals surface area contributed by atoms with E-state index in [0.717, 1.165) is 0 Å². The smallest absolute Gasteiger partial charge is 0.449 e. The molecule has 0 saturated heterocycles. The number of carbonyl (C=O) groups is 1. The number of hydrogen-bond acceptors (Lipinski definition) is 6. The molecular formula is C9H6ClN3O4. The molecule has 0 aromatic carbocycles. The Balaban J connectivity index is 2.49. The van der Waals surface area contributed by atoms with Crippen molar-refractivity contribution in [2.24, 2.45) is 0 Å². The first-order valence-electron chi connectivity index (χ1n) is 4.33. The highest BCUT2D eigenvalue weighted by molar-refractivity contribution is 6.34. The van der Waals surface area contributed by atoms with Crippen LogP contribution >= 0.6 is 11.6 Å². The summed E-state index contributed by atoms with van der Waals surface area (Å²) in [4.78, 5) is 18.0. The maximum Gasteiger partial charge on any atom is 0.512 e. The molecule has 2 aromatic rings. The Bertz CT molecular complexity index is 556. The maximum atomic E-state index is 10.4. The lowest BCUT2D eigenvalue weighted by atomic mass is 10.3. The molecule has 0 aliphatic rings. The number of ether oxygens (including phenoxy) is 1. The van der Waals surface area contributed by atoms with Crippen LogP contribution in [0.1, 0.15) is 0 Å². The zero-order chi connectivity index (χ0) is 12.4. The van der Waals surface area contributed by atoms with Crippen LogP contribution in [0.3, 0.4) is 0 Å². The first-order chi connectivity index (χ1) is 8.08. The summed E-state index contributed by atoms with van der Waals surface area (Å²) < 4.78 is 9.40. The minimum absolute atomic E-state index is 0.0735. The Kier molecular flexibility index (Phi) is 2.84. The fourth-order valence-corrected chi connectivity index (χ4v) is 1.28. The van der Waals surface area contributed by atoms with E-state index in [4.69, 9.17) is 26.9 Å². The van der Waals surface area contributed by atoms with Crippen molar-refractivity contribution >= 4 is 23.4 Å². The molecule has 8 heteroatoms. The molecule has 17 heavy (non-hydrogen) atoms. The number of nitrogen functional groups attached to an aromatic ring is 1. The number of nitrogens with zero attached hydrogens (tertiary/aromatic N) is 2. The van der Waals surface area contributed by atoms with E-state index in [9.17, 15) is 4.79 Å². The molecule has 0 aliphatic carbocycles. The molecule has 2 heterocycles. The van der Waals surface area contributed by atoms with Crippen molar-refractivity contribution in [3.8, 4) is 17.3 Å². The van der Waals surface area contributed by atoms with Gasteiger partial charge < -0.3 is 20.0 Å². The third kappa shape index (κ3) is 2.28. The second-order valence-corrected chi connectivity index (χ2v) is 3.33. The van der Waals surface area contributed by atoms with Crippen molar-refractivity contribution in [1.29, 1.82) is 0 Å². The second-order valence-electron chi connectivity index (χ2n) is 2.95. The zero-order valence-corrected chi connectivity index (χ0v) is 9.01. The molecule has 7 nitrogen and oxygen atoms in total. The van der Waals surface area contributed by atoms with Crippen LogP contribution in [0.5, 0.6) is 5.88 Å². The van der Waals surface area contributed by atoms with Gasteiger partial charge in [0, 0.05) is 0 Å². The quantitative estimate of drug-likeness (QED) is 0.790. The average Bonchev–Trinajstić information content (AvgIpc) is 2.77. The van der Waals surface area contributed by atoms with Crippen molar-refractivity contribution in [2.75, 3.05) is 5.73 Å². The van der Waals surface area contributed by atoms with Crippen molar-refractivity contribution in [3.05, 3.63) is 23.7 Å². The van der Waals surface area contributed by atoms with Gasteiger partial charge in [-0.25, -0.2) is 14.8 Å². The van der Waals surface area contributed by atoms with Gasteiger partial charge in [0.25, 0.3) is 0 Å². The third-order valence-electron chi connectivity index (χ3n) is 1.82. The first-order valence-corrected chi connectivity index (χ1v) is 4.71. The van der Waals surface area contributed by atoms with Crippen LogP contribution in [-0.2, 0) is 0 Å². The topological polar surface area (TPSA) is 111 Å². The summed E-state index contributed by atoms with van der Waals surface area (Å²) in [7, 11) is 0. The summed E-state index contributed by atoms with van der Waals surface area (Å²) in [5.41, 5.74) is 6.00. The monoisotopic (exact) mass is 255 g/mol. The van der Waals surface area contributed by atoms with Gasteiger partial charge in [-0.15, -0.1) is 0 Å². The van der Waals surface area contributed by atoms with Gasteiger partial charge in [0.05, 0.1) is 11.9 Å². The van der Waals surface area contributed by atoms with Gasteiger partial charge in [0.15, 0.2) is 12.2 Å². The summed E-state index contributed by atoms with van der Waals surface area (Å²) >= 11 is 5.75. The largest absolute Gasteiger partial charge is 0.512 e. The van der Waals surface area contributed by atoms with E-state index >= 15 is 0 Å². The van der Waals surface area contributed by atoms with Crippen LogP contribution in [0, 0.1) is 0 Å². The van der Waals surface area contributed by atoms with E-state index in [2.05, 4.69) is 14.7 Å². The van der Waals surface area contributed by atoms with E-state index in [1.807, 2.05) is 0 Å². The average molecular weight is 256 g/mol. The van der Waals surface area contributed by atoms with Crippen LogP contribution in [0.2, 0.25) is 5.02 Å². The minimum atomic E-state index is -1.53. The Hall–Kier alpha value is -2.28. The molecule has 0 fully saturated rings. The number of oxazole rings is 1. The number of pyridine rings is 1. The Morgan fingerprint density at radius 3 is 2.94 bits per heavy atom. The minimum Gasteiger partial charge on any atom is -0.449 e. The standard InChI is InChI=1S/C9H6ClN3O4/c10-7-4(11)1-5(6-2-12-3-16-6)13-8(7)17-9(14)15/h1-3H,(H2,11,13)(H,14,15). The van der Waals surface area contributed by atoms with Crippen molar-refractivity contribution < 1.29 is 19.1 Å². The van der Waals surface area contributed by atoms with Gasteiger partial charge in [-0.3, -0.25) is 0 Å². The summed E-state index contributed by atoms with van der Waals surface area (Å²) in [5.74, 6) is 0.0224. The van der Waals surface area contributed by atoms with Crippen molar-refractivity contribution in [1.82, 2.24) is 9.97 Å². The molecule has 2 rings (SSSR count). The van der Waals surface area contributed by atoms with Crippen LogP contribution in [-0.4, -0.2) is 21.2 Å². The fourth-order valence-electron chi connectivity index (χ4n) is 1.14. The molecule has 2 aromatic heterocycles. The highest BCUT2D eigenvalue weighted by atomic mass is 35.5. The first kappa shape index (κ1) is 11.2. The molecule has 3 N–H and O–H groups in total. The van der Waals surface area contributed by atoms with Gasteiger partial charge in [-0.05, 0) is 6.07 Å². The lowest BCUT2D eigenvalue weighted by Gasteiger charge is -2.06. The van der Waals surface area contributed by atoms with E-state index in [1.54, 1.807) is 0 Å². The van der Waals surface area contributed by atoms with E-state index in [-0.39, 0.29) is 22.3 Å². The molecule has 0 aliphatic heterocycles. The highest BCUT2D eigenvalue weighted by Gasteiger charge is 2.15. The molecule has 88 valence electrons. The zero-order valence-electron chi connectivity index (χ0n) is 8.25. The predicted molar refractivity (Wildman–Crippen MR) is 57.8 cm³/mol. The molecular weight excluding hydrogens is 250 g/mol. The fraction of sp³-hybridized carbons (Fsp3) is 0. The van der Waals surface area contributed by atoms with Gasteiger partial charge in [-0.2, -0.15) is 0 Å². The summed E-state index contributed by atoms with van der Waals surface area (Å²) in [5, 5.41) is 8.43. The van der Waals surface area contributed by atoms with E-state index in [0.29, 0.717) is 5.76 Å². The van der Waals surface area contributed by atoms with Gasteiger partial charge in [0.2, 0.25) is 5.88 Å². The Labute approximate surface area is 99.8 Å². The second kappa shape index (κ2) is 4.30. The van der Waals surface area contributed by atoms with E-state index < -0.39 is 6.16 Å². The lowest BCUT2D eigenvalue weighted by Crippen LogP contribution is -2.06. The molecule has 0 unspecified atom stereocenters. The molecule has 0 atom stereocenters. The predicted octanol–water partition coefficient (Wildman–Crippen LogP) is 2.03. The number of hydrogen-bond donors (Lipinski definition) is 2. The molecule has 0 saturated carbocycles. The van der Waals surface area contributed by atoms with Gasteiger partial charge in [-0.1, -0.05) is 11.6 Å². The third-order valence-corrected chi connectivity index (χ3v) is 2.20. The summed E-state index contributed by atoms with van der Waals surface area (Å²) in [6, 6.07) is 1.43. The number of rotatable bonds is 2. The summed E-state index contributed by atoms with van der Waals surface area (Å²) in [6.45, 7) is 0. The van der Waals surface area contributed by atoms with Gasteiger partial charge in [0.1, 0.15) is 10.7 Å². The van der Waals surface area contributed by atoms with Crippen LogP contribution < -0.4 is 10.5 Å². The van der Waals surface area contributed by atoms with Crippen molar-refractivity contribution in [3.63, 3.8) is 0 Å². The van der Waals surface area contributed by atoms with Gasteiger partial charge >= 0.3 is 6.16 Å². The van der Waals surface area contributed by atoms with E-state index in [1.165, 1.54) is 18.7 Å². The van der Waals surface area contributed by atoms with Crippen LogP contribution in [0.25, 0.3) is 11.5 Å². The molecule has 0 spiro atoms. The molecule has 0 radical (unpaired) electrons. The maximum absolute atomic E-state index is 10.4. The van der Waals surface area contributed by atoms with Crippen molar-refractivity contribution in [2.45, 2.75) is 0 Å². The van der Waals surface area contributed by atoms with Crippen LogP contribution in [0.15, 0.2) is 23.1 Å². The summed E-state index contributed by atoms with van der Waals surface area (Å²) in [6.07, 6.45) is 1.08. The number of halogens is 1. The number of aromatic nitrogens is 2. The lowest BCUT2D eigenvalue weighted by molar-refractivity contribution is 0.142. The number of carboxylic acid groups (broad SMARTS) is 1. The molecule has 0 amide bonds. The SMILES string of the molecule is Nc1cc(-c2cnco2)nc(OC(=O)O)c1Cl. The highest BCUT2D eigenvalue weighted by Crippen LogP contribution is 2.32. The normalized spacial score (nSPS) is 10.2. The number of nitrogens with two attached hydrogens (primary N) is 1.